The first-order chi connectivity index (χ1) is 5.58. The molecule has 1 heteroatoms. The number of nitrogens with one attached hydrogen (secondary N) is 1. The Hall–Kier alpha value is -0.0400. The van der Waals surface area contributed by atoms with Gasteiger partial charge in [0, 0.05) is 6.54 Å². The van der Waals surface area contributed by atoms with Crippen LogP contribution in [0.25, 0.3) is 0 Å². The van der Waals surface area contributed by atoms with Crippen LogP contribution in [0.1, 0.15) is 46.5 Å². The van der Waals surface area contributed by atoms with Crippen LogP contribution in [0.3, 0.4) is 0 Å². The fraction of sp³-hybridized carbons (Fsp3) is 1.00. The van der Waals surface area contributed by atoms with Crippen LogP contribution in [0.2, 0.25) is 0 Å². The first kappa shape index (κ1) is 10.0. The lowest BCUT2D eigenvalue weighted by atomic mass is 9.72. The maximum absolute atomic E-state index is 3.33. The van der Waals surface area contributed by atoms with Crippen molar-refractivity contribution in [1.29, 1.82) is 0 Å². The highest BCUT2D eigenvalue weighted by molar-refractivity contribution is 5.04. The summed E-state index contributed by atoms with van der Waals surface area (Å²) in [6.45, 7) is 8.36. The summed E-state index contributed by atoms with van der Waals surface area (Å²) in [4.78, 5) is 0. The summed E-state index contributed by atoms with van der Waals surface area (Å²) in [6, 6.07) is 0. The van der Waals surface area contributed by atoms with Gasteiger partial charge in [0.15, 0.2) is 0 Å². The minimum atomic E-state index is 0.546. The number of rotatable bonds is 5. The Morgan fingerprint density at radius 2 is 1.92 bits per heavy atom. The average Bonchev–Trinajstić information content (AvgIpc) is 2.70. The quantitative estimate of drug-likeness (QED) is 0.667. The van der Waals surface area contributed by atoms with E-state index >= 15 is 0 Å². The third-order valence-electron chi connectivity index (χ3n) is 3.68. The van der Waals surface area contributed by atoms with Crippen LogP contribution < -0.4 is 5.32 Å². The van der Waals surface area contributed by atoms with Crippen LogP contribution in [0, 0.1) is 10.8 Å². The van der Waals surface area contributed by atoms with Gasteiger partial charge < -0.3 is 5.32 Å². The van der Waals surface area contributed by atoms with Gasteiger partial charge in [-0.25, -0.2) is 0 Å². The number of hydrogen-bond acceptors (Lipinski definition) is 1. The maximum Gasteiger partial charge on any atom is 0.000993 e. The zero-order chi connectivity index (χ0) is 9.24. The van der Waals surface area contributed by atoms with Crippen LogP contribution in [0.15, 0.2) is 0 Å². The van der Waals surface area contributed by atoms with Crippen molar-refractivity contribution in [3.63, 3.8) is 0 Å². The molecule has 0 bridgehead atoms. The summed E-state index contributed by atoms with van der Waals surface area (Å²) in [6.07, 6.45) is 5.55. The van der Waals surface area contributed by atoms with E-state index in [1.807, 2.05) is 0 Å². The minimum Gasteiger partial charge on any atom is -0.319 e. The molecule has 1 rings (SSSR count). The second-order valence-electron chi connectivity index (χ2n) is 4.94. The Balaban J connectivity index is 2.53. The highest BCUT2D eigenvalue weighted by Crippen LogP contribution is 2.59. The molecule has 0 unspecified atom stereocenters. The van der Waals surface area contributed by atoms with Crippen LogP contribution in [0.5, 0.6) is 0 Å². The molecule has 12 heavy (non-hydrogen) atoms. The molecule has 72 valence electrons. The van der Waals surface area contributed by atoms with Crippen molar-refractivity contribution >= 4 is 0 Å². The minimum absolute atomic E-state index is 0.546. The monoisotopic (exact) mass is 169 g/mol. The van der Waals surface area contributed by atoms with E-state index in [4.69, 9.17) is 0 Å². The summed E-state index contributed by atoms with van der Waals surface area (Å²) < 4.78 is 0. The highest BCUT2D eigenvalue weighted by Gasteiger charge is 2.52. The zero-order valence-corrected chi connectivity index (χ0v) is 9.04. The third-order valence-corrected chi connectivity index (χ3v) is 3.68. The molecule has 1 saturated carbocycles. The van der Waals surface area contributed by atoms with Gasteiger partial charge in [0.2, 0.25) is 0 Å². The number of hydrogen-bond donors (Lipinski definition) is 1. The van der Waals surface area contributed by atoms with Gasteiger partial charge in [0.25, 0.3) is 0 Å². The molecule has 0 radical (unpaired) electrons. The van der Waals surface area contributed by atoms with Crippen molar-refractivity contribution in [3.8, 4) is 0 Å². The molecule has 0 amide bonds. The first-order valence-corrected chi connectivity index (χ1v) is 5.22. The topological polar surface area (TPSA) is 12.0 Å². The van der Waals surface area contributed by atoms with Gasteiger partial charge in [-0.3, -0.25) is 0 Å². The smallest absolute Gasteiger partial charge is 0.000993 e. The molecule has 1 nitrogen and oxygen atoms in total. The maximum atomic E-state index is 3.33. The average molecular weight is 169 g/mol. The largest absolute Gasteiger partial charge is 0.319 e. The summed E-state index contributed by atoms with van der Waals surface area (Å²) in [5.74, 6) is 0. The van der Waals surface area contributed by atoms with Crippen molar-refractivity contribution < 1.29 is 0 Å². The van der Waals surface area contributed by atoms with Crippen LogP contribution in [-0.4, -0.2) is 13.6 Å². The van der Waals surface area contributed by atoms with E-state index < -0.39 is 0 Å². The van der Waals surface area contributed by atoms with Gasteiger partial charge in [0.05, 0.1) is 0 Å². The Morgan fingerprint density at radius 1 is 1.33 bits per heavy atom. The van der Waals surface area contributed by atoms with E-state index in [2.05, 4.69) is 33.1 Å². The second-order valence-corrected chi connectivity index (χ2v) is 4.94. The Labute approximate surface area is 76.9 Å². The van der Waals surface area contributed by atoms with Crippen LogP contribution >= 0.6 is 0 Å². The third kappa shape index (κ3) is 1.66. The molecule has 0 atom stereocenters. The van der Waals surface area contributed by atoms with Crippen LogP contribution in [-0.2, 0) is 0 Å². The summed E-state index contributed by atoms with van der Waals surface area (Å²) in [5.41, 5.74) is 1.18. The fourth-order valence-electron chi connectivity index (χ4n) is 2.47. The van der Waals surface area contributed by atoms with Crippen LogP contribution in [0.4, 0.5) is 0 Å². The summed E-state index contributed by atoms with van der Waals surface area (Å²) >= 11 is 0. The molecule has 0 aromatic carbocycles. The van der Waals surface area contributed by atoms with E-state index in [-0.39, 0.29) is 0 Å². The molecule has 0 aromatic rings. The molecule has 1 aliphatic rings. The molecule has 0 aromatic heterocycles. The SMILES string of the molecule is CCCC(C)(C)C1(CNC)CC1. The molecule has 0 aliphatic heterocycles. The molecule has 1 N–H and O–H groups in total. The summed E-state index contributed by atoms with van der Waals surface area (Å²) in [7, 11) is 2.07. The lowest BCUT2D eigenvalue weighted by Gasteiger charge is -2.34. The molecular weight excluding hydrogens is 146 g/mol. The Kier molecular flexibility index (Phi) is 2.82. The van der Waals surface area contributed by atoms with Crippen molar-refractivity contribution in [3.05, 3.63) is 0 Å². The predicted molar refractivity (Wildman–Crippen MR) is 54.3 cm³/mol. The van der Waals surface area contributed by atoms with Crippen molar-refractivity contribution in [2.24, 2.45) is 10.8 Å². The second kappa shape index (κ2) is 3.37. The summed E-state index contributed by atoms with van der Waals surface area (Å²) in [5, 5.41) is 3.33. The van der Waals surface area contributed by atoms with Gasteiger partial charge in [-0.05, 0) is 37.1 Å². The van der Waals surface area contributed by atoms with E-state index in [1.54, 1.807) is 0 Å². The van der Waals surface area contributed by atoms with Crippen molar-refractivity contribution in [1.82, 2.24) is 5.32 Å². The Bertz CT molecular complexity index is 139. The molecular formula is C11H23N. The van der Waals surface area contributed by atoms with E-state index in [9.17, 15) is 0 Å². The zero-order valence-electron chi connectivity index (χ0n) is 9.04. The van der Waals surface area contributed by atoms with Gasteiger partial charge in [-0.15, -0.1) is 0 Å². The molecule has 0 spiro atoms. The van der Waals surface area contributed by atoms with E-state index in [0.717, 1.165) is 0 Å². The van der Waals surface area contributed by atoms with Gasteiger partial charge in [-0.2, -0.15) is 0 Å². The van der Waals surface area contributed by atoms with Crippen molar-refractivity contribution in [2.45, 2.75) is 46.5 Å². The molecule has 0 heterocycles. The molecule has 0 saturated heterocycles. The predicted octanol–water partition coefficient (Wildman–Crippen LogP) is 2.81. The van der Waals surface area contributed by atoms with Gasteiger partial charge in [-0.1, -0.05) is 27.2 Å². The standard InChI is InChI=1S/C11H23N/c1-5-6-10(2,3)11(7-8-11)9-12-4/h12H,5-9H2,1-4H3. The van der Waals surface area contributed by atoms with Gasteiger partial charge >= 0.3 is 0 Å². The lowest BCUT2D eigenvalue weighted by molar-refractivity contribution is 0.167. The molecule has 1 fully saturated rings. The van der Waals surface area contributed by atoms with Crippen molar-refractivity contribution in [2.75, 3.05) is 13.6 Å². The van der Waals surface area contributed by atoms with E-state index in [0.29, 0.717) is 10.8 Å². The van der Waals surface area contributed by atoms with E-state index in [1.165, 1.54) is 32.2 Å². The highest BCUT2D eigenvalue weighted by atomic mass is 14.9. The normalized spacial score (nSPS) is 21.0. The lowest BCUT2D eigenvalue weighted by Crippen LogP contribution is -2.33. The fourth-order valence-corrected chi connectivity index (χ4v) is 2.47. The molecule has 1 aliphatic carbocycles. The van der Waals surface area contributed by atoms with Gasteiger partial charge in [0.1, 0.15) is 0 Å². The Morgan fingerprint density at radius 3 is 2.25 bits per heavy atom. The first-order valence-electron chi connectivity index (χ1n) is 5.22.